The summed E-state index contributed by atoms with van der Waals surface area (Å²) in [5.41, 5.74) is 0.898. The van der Waals surface area contributed by atoms with Gasteiger partial charge in [0, 0.05) is 34.6 Å². The van der Waals surface area contributed by atoms with Crippen LogP contribution in [-0.4, -0.2) is 45.6 Å². The number of hydrogen-bond acceptors (Lipinski definition) is 9. The Kier molecular flexibility index (Phi) is 5.99. The standard InChI is InChI=1S/C22H24N6O3S2/c1-21(2,3)31-20(29)27-18-14(9-24)16-15(32-18)6-5-7-22(16)11-28(12-22)17-13(8-23)10-25-19(26-17)33(4)30/h10H,5-7,11-12H2,1-4H3,(H,27,29)/t33-/m1/s1. The van der Waals surface area contributed by atoms with E-state index in [1.807, 2.05) is 4.90 Å². The van der Waals surface area contributed by atoms with Crippen LogP contribution in [-0.2, 0) is 27.7 Å². The van der Waals surface area contributed by atoms with Crippen molar-refractivity contribution >= 4 is 39.4 Å². The SMILES string of the molecule is C[S@@+]([O-])c1ncc(C#N)c(N2CC3(CCCc4sc(NC(=O)OC(C)(C)C)c(C#N)c43)C2)n1. The van der Waals surface area contributed by atoms with Crippen molar-refractivity contribution in [2.75, 3.05) is 29.6 Å². The van der Waals surface area contributed by atoms with Crippen LogP contribution in [0.25, 0.3) is 0 Å². The maximum Gasteiger partial charge on any atom is 0.412 e. The molecule has 172 valence electrons. The average Bonchev–Trinajstić information content (AvgIpc) is 3.07. The van der Waals surface area contributed by atoms with Crippen LogP contribution < -0.4 is 10.2 Å². The molecule has 2 aliphatic rings. The first kappa shape index (κ1) is 23.3. The van der Waals surface area contributed by atoms with E-state index in [0.717, 1.165) is 29.7 Å². The lowest BCUT2D eigenvalue weighted by molar-refractivity contribution is 0.0636. The molecule has 33 heavy (non-hydrogen) atoms. The highest BCUT2D eigenvalue weighted by Gasteiger charge is 2.50. The quantitative estimate of drug-likeness (QED) is 0.516. The molecule has 1 aliphatic carbocycles. The minimum Gasteiger partial charge on any atom is -0.609 e. The number of nitriles is 2. The number of amides is 1. The number of aryl methyl sites for hydroxylation is 1. The van der Waals surface area contributed by atoms with Gasteiger partial charge in [0.15, 0.2) is 5.82 Å². The van der Waals surface area contributed by atoms with E-state index < -0.39 is 22.9 Å². The largest absolute Gasteiger partial charge is 0.609 e. The molecule has 0 bridgehead atoms. The Morgan fingerprint density at radius 1 is 1.36 bits per heavy atom. The summed E-state index contributed by atoms with van der Waals surface area (Å²) >= 11 is 0.0721. The number of aromatic nitrogens is 2. The van der Waals surface area contributed by atoms with E-state index in [4.69, 9.17) is 4.74 Å². The van der Waals surface area contributed by atoms with Gasteiger partial charge in [-0.2, -0.15) is 20.5 Å². The molecule has 0 radical (unpaired) electrons. The predicted octanol–water partition coefficient (Wildman–Crippen LogP) is 3.46. The van der Waals surface area contributed by atoms with E-state index in [-0.39, 0.29) is 10.6 Å². The molecular formula is C22H24N6O3S2. The topological polar surface area (TPSA) is 138 Å². The van der Waals surface area contributed by atoms with E-state index in [9.17, 15) is 19.9 Å². The Hall–Kier alpha value is -2.86. The van der Waals surface area contributed by atoms with Crippen molar-refractivity contribution in [1.82, 2.24) is 9.97 Å². The normalized spacial score (nSPS) is 17.4. The molecule has 11 heteroatoms. The zero-order valence-corrected chi connectivity index (χ0v) is 20.5. The summed E-state index contributed by atoms with van der Waals surface area (Å²) in [6.07, 6.45) is 5.04. The van der Waals surface area contributed by atoms with Crippen LogP contribution >= 0.6 is 11.3 Å². The van der Waals surface area contributed by atoms with Gasteiger partial charge in [-0.05, 0) is 45.6 Å². The smallest absolute Gasteiger partial charge is 0.412 e. The monoisotopic (exact) mass is 484 g/mol. The third kappa shape index (κ3) is 4.36. The van der Waals surface area contributed by atoms with Gasteiger partial charge >= 0.3 is 11.2 Å². The molecule has 4 rings (SSSR count). The number of carbonyl (C=O) groups is 1. The molecule has 2 aromatic heterocycles. The average molecular weight is 485 g/mol. The molecule has 1 N–H and O–H groups in total. The minimum absolute atomic E-state index is 0.186. The van der Waals surface area contributed by atoms with Gasteiger partial charge in [-0.3, -0.25) is 5.32 Å². The van der Waals surface area contributed by atoms with Crippen LogP contribution in [0.2, 0.25) is 0 Å². The van der Waals surface area contributed by atoms with Gasteiger partial charge in [0.2, 0.25) is 0 Å². The van der Waals surface area contributed by atoms with E-state index in [0.29, 0.717) is 35.0 Å². The first-order chi connectivity index (χ1) is 15.6. The number of thiophene rings is 1. The van der Waals surface area contributed by atoms with Crippen LogP contribution in [0.15, 0.2) is 11.4 Å². The number of fused-ring (bicyclic) bond motifs is 2. The van der Waals surface area contributed by atoms with Crippen molar-refractivity contribution in [3.05, 3.63) is 27.8 Å². The van der Waals surface area contributed by atoms with Crippen LogP contribution in [0.5, 0.6) is 0 Å². The fourth-order valence-corrected chi connectivity index (χ4v) is 6.20. The number of hydrogen-bond donors (Lipinski definition) is 1. The summed E-state index contributed by atoms with van der Waals surface area (Å²) in [5.74, 6) is 0.469. The molecular weight excluding hydrogens is 460 g/mol. The second-order valence-electron chi connectivity index (χ2n) is 9.29. The Balaban J connectivity index is 1.64. The second-order valence-corrected chi connectivity index (χ2v) is 11.7. The van der Waals surface area contributed by atoms with Gasteiger partial charge in [0.25, 0.3) is 0 Å². The number of carbonyl (C=O) groups excluding carboxylic acids is 1. The second kappa shape index (κ2) is 8.49. The highest BCUT2D eigenvalue weighted by molar-refractivity contribution is 7.90. The van der Waals surface area contributed by atoms with E-state index in [1.165, 1.54) is 23.8 Å². The molecule has 2 aromatic rings. The number of rotatable bonds is 3. The molecule has 0 unspecified atom stereocenters. The summed E-state index contributed by atoms with van der Waals surface area (Å²) in [5, 5.41) is 22.9. The summed E-state index contributed by atoms with van der Waals surface area (Å²) < 4.78 is 17.2. The fourth-order valence-electron chi connectivity index (χ4n) is 4.48. The van der Waals surface area contributed by atoms with Crippen molar-refractivity contribution in [2.24, 2.45) is 0 Å². The molecule has 3 heterocycles. The van der Waals surface area contributed by atoms with Gasteiger partial charge in [-0.15, -0.1) is 11.3 Å². The first-order valence-electron chi connectivity index (χ1n) is 10.5. The Morgan fingerprint density at radius 2 is 2.09 bits per heavy atom. The molecule has 1 atom stereocenters. The summed E-state index contributed by atoms with van der Waals surface area (Å²) in [6, 6.07) is 4.41. The lowest BCUT2D eigenvalue weighted by Crippen LogP contribution is -2.61. The molecule has 1 fully saturated rings. The van der Waals surface area contributed by atoms with Crippen molar-refractivity contribution in [3.8, 4) is 12.1 Å². The van der Waals surface area contributed by atoms with E-state index >= 15 is 0 Å². The predicted molar refractivity (Wildman–Crippen MR) is 125 cm³/mol. The Morgan fingerprint density at radius 3 is 2.70 bits per heavy atom. The Bertz CT molecular complexity index is 1180. The highest BCUT2D eigenvalue weighted by atomic mass is 32.2. The van der Waals surface area contributed by atoms with Gasteiger partial charge in [0.05, 0.1) is 11.8 Å². The lowest BCUT2D eigenvalue weighted by atomic mass is 9.66. The van der Waals surface area contributed by atoms with E-state index in [2.05, 4.69) is 27.4 Å². The zero-order chi connectivity index (χ0) is 24.0. The lowest BCUT2D eigenvalue weighted by Gasteiger charge is -2.53. The fraction of sp³-hybridized carbons (Fsp3) is 0.500. The maximum atomic E-state index is 12.3. The minimum atomic E-state index is -1.36. The first-order valence-corrected chi connectivity index (χ1v) is 12.9. The van der Waals surface area contributed by atoms with Gasteiger partial charge in [-0.25, -0.2) is 4.79 Å². The molecule has 9 nitrogen and oxygen atoms in total. The van der Waals surface area contributed by atoms with E-state index in [1.54, 1.807) is 20.8 Å². The van der Waals surface area contributed by atoms with Gasteiger partial charge < -0.3 is 14.2 Å². The van der Waals surface area contributed by atoms with Crippen molar-refractivity contribution in [1.29, 1.82) is 10.5 Å². The molecule has 1 amide bonds. The highest BCUT2D eigenvalue weighted by Crippen LogP contribution is 2.51. The van der Waals surface area contributed by atoms with Crippen molar-refractivity contribution < 1.29 is 14.1 Å². The number of anilines is 2. The van der Waals surface area contributed by atoms with Crippen LogP contribution in [0.1, 0.15) is 55.2 Å². The van der Waals surface area contributed by atoms with Gasteiger partial charge in [-0.1, -0.05) is 0 Å². The molecule has 0 saturated carbocycles. The zero-order valence-electron chi connectivity index (χ0n) is 18.9. The van der Waals surface area contributed by atoms with Crippen molar-refractivity contribution in [2.45, 2.75) is 56.2 Å². The molecule has 1 saturated heterocycles. The molecule has 1 aliphatic heterocycles. The number of nitrogens with zero attached hydrogens (tertiary/aromatic N) is 5. The number of ether oxygens (including phenoxy) is 1. The molecule has 0 aromatic carbocycles. The van der Waals surface area contributed by atoms with Crippen LogP contribution in [0.4, 0.5) is 15.6 Å². The molecule has 1 spiro atoms. The summed E-state index contributed by atoms with van der Waals surface area (Å²) in [4.78, 5) is 23.8. The van der Waals surface area contributed by atoms with Crippen LogP contribution in [0, 0.1) is 22.7 Å². The van der Waals surface area contributed by atoms with Gasteiger partial charge in [0.1, 0.15) is 34.6 Å². The number of nitrogens with one attached hydrogen (secondary N) is 1. The summed E-state index contributed by atoms with van der Waals surface area (Å²) in [7, 11) is 0. The third-order valence-electron chi connectivity index (χ3n) is 5.71. The third-order valence-corrected chi connectivity index (χ3v) is 7.58. The Labute approximate surface area is 199 Å². The summed E-state index contributed by atoms with van der Waals surface area (Å²) in [6.45, 7) is 6.53. The van der Waals surface area contributed by atoms with Crippen LogP contribution in [0.3, 0.4) is 0 Å². The maximum absolute atomic E-state index is 12.3. The van der Waals surface area contributed by atoms with Crippen molar-refractivity contribution in [3.63, 3.8) is 0 Å².